The number of allylic oxidation sites excluding steroid dienone is 5. The minimum atomic E-state index is 0.0320. The van der Waals surface area contributed by atoms with Gasteiger partial charge in [-0.1, -0.05) is 115 Å². The van der Waals surface area contributed by atoms with Gasteiger partial charge in [-0.25, -0.2) is 0 Å². The second-order valence-corrected chi connectivity index (χ2v) is 12.1. The lowest BCUT2D eigenvalue weighted by Gasteiger charge is -2.31. The fourth-order valence-corrected chi connectivity index (χ4v) is 4.98. The van der Waals surface area contributed by atoms with E-state index in [1.807, 2.05) is 19.1 Å². The predicted octanol–water partition coefficient (Wildman–Crippen LogP) is 10.3. The highest BCUT2D eigenvalue weighted by molar-refractivity contribution is 5.99. The summed E-state index contributed by atoms with van der Waals surface area (Å²) < 4.78 is 5.31. The van der Waals surface area contributed by atoms with Gasteiger partial charge in [-0.2, -0.15) is 0 Å². The summed E-state index contributed by atoms with van der Waals surface area (Å²) in [5.74, 6) is 2.60. The summed E-state index contributed by atoms with van der Waals surface area (Å²) in [5.41, 5.74) is 6.53. The monoisotopic (exact) mass is 587 g/mol. The molecule has 0 amide bonds. The molecule has 2 atom stereocenters. The number of nitrogens with one attached hydrogen (secondary N) is 1. The van der Waals surface area contributed by atoms with E-state index in [0.29, 0.717) is 12.3 Å². The third-order valence-corrected chi connectivity index (χ3v) is 7.51. The van der Waals surface area contributed by atoms with Gasteiger partial charge in [-0.15, -0.1) is 0 Å². The van der Waals surface area contributed by atoms with Gasteiger partial charge in [0.2, 0.25) is 0 Å². The van der Waals surface area contributed by atoms with Crippen LogP contribution in [0.1, 0.15) is 116 Å². The zero-order chi connectivity index (χ0) is 32.4. The molecule has 2 unspecified atom stereocenters. The van der Waals surface area contributed by atoms with Crippen molar-refractivity contribution in [1.82, 2.24) is 5.32 Å². The normalized spacial score (nSPS) is 16.0. The fraction of sp³-hybridized carbons (Fsp3) is 0.487. The smallest absolute Gasteiger partial charge is 0.161 e. The Morgan fingerprint density at radius 3 is 2.05 bits per heavy atom. The average Bonchev–Trinajstić information content (AvgIpc) is 2.98. The maximum atomic E-state index is 13.6. The second kappa shape index (κ2) is 20.5. The van der Waals surface area contributed by atoms with Crippen molar-refractivity contribution < 1.29 is 14.3 Å². The Balaban J connectivity index is 0.000000799. The molecule has 4 nitrogen and oxygen atoms in total. The first-order chi connectivity index (χ1) is 20.5. The van der Waals surface area contributed by atoms with Crippen LogP contribution in [0.5, 0.6) is 5.75 Å². The van der Waals surface area contributed by atoms with E-state index in [0.717, 1.165) is 41.3 Å². The zero-order valence-electron chi connectivity index (χ0n) is 28.5. The number of rotatable bonds is 11. The number of methoxy groups -OCH3 is 1. The van der Waals surface area contributed by atoms with E-state index >= 15 is 0 Å². The molecule has 43 heavy (non-hydrogen) atoms. The standard InChI is InChI=1S/C30H37NO2.C7H16.C2H4O/c1-7-26(15-8-20(2)3)31-28-18-25(24-13-16-27(33-6)17-14-24)19-29(32)30(28)22(5)23-11-9-21(4)10-12-23;1-4-5-6-7(2)3;1-2-3/h7-17,20,22,25,31H,18-19H2,1-6H3;7H,4-6H2,1-3H3;2H,1H3/b15-8-,26-7+;;. The van der Waals surface area contributed by atoms with Gasteiger partial charge in [0, 0.05) is 29.3 Å². The van der Waals surface area contributed by atoms with E-state index in [-0.39, 0.29) is 17.6 Å². The van der Waals surface area contributed by atoms with Gasteiger partial charge in [0.15, 0.2) is 5.78 Å². The number of aldehydes is 1. The topological polar surface area (TPSA) is 55.4 Å². The molecule has 0 fully saturated rings. The number of carbonyl (C=O) groups is 2. The van der Waals surface area contributed by atoms with Crippen molar-refractivity contribution in [3.63, 3.8) is 0 Å². The summed E-state index contributed by atoms with van der Waals surface area (Å²) in [5, 5.41) is 3.63. The number of benzene rings is 2. The molecule has 1 aliphatic carbocycles. The number of aryl methyl sites for hydroxylation is 1. The molecule has 0 heterocycles. The molecule has 0 saturated carbocycles. The first-order valence-corrected chi connectivity index (χ1v) is 16.0. The largest absolute Gasteiger partial charge is 0.497 e. The number of hydrogen-bond acceptors (Lipinski definition) is 4. The summed E-state index contributed by atoms with van der Waals surface area (Å²) in [4.78, 5) is 22.4. The number of ether oxygens (including phenoxy) is 1. The predicted molar refractivity (Wildman–Crippen MR) is 184 cm³/mol. The molecular weight excluding hydrogens is 530 g/mol. The molecule has 2 aromatic carbocycles. The Morgan fingerprint density at radius 1 is 0.977 bits per heavy atom. The van der Waals surface area contributed by atoms with Crippen LogP contribution in [0, 0.1) is 18.8 Å². The van der Waals surface area contributed by atoms with Gasteiger partial charge < -0.3 is 14.8 Å². The van der Waals surface area contributed by atoms with E-state index in [1.165, 1.54) is 42.9 Å². The highest BCUT2D eigenvalue weighted by Crippen LogP contribution is 2.39. The van der Waals surface area contributed by atoms with Crippen molar-refractivity contribution >= 4 is 12.1 Å². The molecule has 0 bridgehead atoms. The molecule has 1 N–H and O–H groups in total. The summed E-state index contributed by atoms with van der Waals surface area (Å²) in [6, 6.07) is 16.6. The molecular formula is C39H57NO3. The second-order valence-electron chi connectivity index (χ2n) is 12.1. The summed E-state index contributed by atoms with van der Waals surface area (Å²) in [7, 11) is 1.67. The highest BCUT2D eigenvalue weighted by atomic mass is 16.5. The molecule has 0 spiro atoms. The van der Waals surface area contributed by atoms with Crippen LogP contribution in [0.4, 0.5) is 0 Å². The van der Waals surface area contributed by atoms with Crippen molar-refractivity contribution in [2.45, 2.75) is 106 Å². The van der Waals surface area contributed by atoms with Gasteiger partial charge in [-0.05, 0) is 74.3 Å². The van der Waals surface area contributed by atoms with Crippen LogP contribution < -0.4 is 10.1 Å². The van der Waals surface area contributed by atoms with Crippen LogP contribution in [-0.2, 0) is 9.59 Å². The number of hydrogen-bond donors (Lipinski definition) is 1. The molecule has 0 saturated heterocycles. The van der Waals surface area contributed by atoms with Crippen molar-refractivity contribution in [3.8, 4) is 5.75 Å². The molecule has 4 heteroatoms. The Morgan fingerprint density at radius 2 is 1.58 bits per heavy atom. The lowest BCUT2D eigenvalue weighted by molar-refractivity contribution is -0.116. The first-order valence-electron chi connectivity index (χ1n) is 16.0. The van der Waals surface area contributed by atoms with Gasteiger partial charge >= 0.3 is 0 Å². The minimum absolute atomic E-state index is 0.0320. The van der Waals surface area contributed by atoms with Gasteiger partial charge in [0.25, 0.3) is 0 Å². The van der Waals surface area contributed by atoms with Crippen LogP contribution in [0.2, 0.25) is 0 Å². The van der Waals surface area contributed by atoms with Crippen molar-refractivity contribution in [1.29, 1.82) is 0 Å². The van der Waals surface area contributed by atoms with E-state index < -0.39 is 0 Å². The molecule has 1 aliphatic rings. The fourth-order valence-electron chi connectivity index (χ4n) is 4.98. The highest BCUT2D eigenvalue weighted by Gasteiger charge is 2.32. The Hall–Kier alpha value is -3.40. The maximum absolute atomic E-state index is 13.6. The zero-order valence-corrected chi connectivity index (χ0v) is 28.5. The molecule has 3 rings (SSSR count). The Labute approximate surface area is 262 Å². The minimum Gasteiger partial charge on any atom is -0.497 e. The summed E-state index contributed by atoms with van der Waals surface area (Å²) in [6.07, 6.45) is 12.6. The van der Waals surface area contributed by atoms with E-state index in [2.05, 4.69) is 108 Å². The third-order valence-electron chi connectivity index (χ3n) is 7.51. The molecule has 0 radical (unpaired) electrons. The molecule has 0 aliphatic heterocycles. The first kappa shape index (κ1) is 37.6. The number of unbranched alkanes of at least 4 members (excludes halogenated alkanes) is 1. The van der Waals surface area contributed by atoms with Crippen LogP contribution in [0.3, 0.4) is 0 Å². The summed E-state index contributed by atoms with van der Waals surface area (Å²) >= 11 is 0. The van der Waals surface area contributed by atoms with Crippen LogP contribution in [0.25, 0.3) is 0 Å². The van der Waals surface area contributed by atoms with Crippen LogP contribution in [0.15, 0.2) is 83.7 Å². The third kappa shape index (κ3) is 13.6. The average molecular weight is 588 g/mol. The van der Waals surface area contributed by atoms with Crippen molar-refractivity contribution in [2.24, 2.45) is 11.8 Å². The lowest BCUT2D eigenvalue weighted by Crippen LogP contribution is -2.28. The summed E-state index contributed by atoms with van der Waals surface area (Å²) in [6.45, 7) is 18.8. The van der Waals surface area contributed by atoms with Gasteiger partial charge in [-0.3, -0.25) is 4.79 Å². The molecule has 0 aromatic heterocycles. The number of ketones is 1. The van der Waals surface area contributed by atoms with E-state index in [9.17, 15) is 4.79 Å². The number of carbonyl (C=O) groups excluding carboxylic acids is 2. The van der Waals surface area contributed by atoms with Crippen LogP contribution in [-0.4, -0.2) is 19.2 Å². The maximum Gasteiger partial charge on any atom is 0.161 e. The molecule has 2 aromatic rings. The van der Waals surface area contributed by atoms with Crippen molar-refractivity contribution in [2.75, 3.05) is 7.11 Å². The van der Waals surface area contributed by atoms with E-state index in [4.69, 9.17) is 9.53 Å². The number of Topliss-reactive ketones (excluding diaryl/α,β-unsaturated/α-hetero) is 1. The Bertz CT molecular complexity index is 1180. The van der Waals surface area contributed by atoms with Crippen molar-refractivity contribution in [3.05, 3.63) is 100 Å². The molecule has 236 valence electrons. The quantitative estimate of drug-likeness (QED) is 0.210. The lowest BCUT2D eigenvalue weighted by atomic mass is 9.76. The Kier molecular flexibility index (Phi) is 17.9. The SMILES string of the molecule is C/C=C(\C=C/C(C)C)NC1=C(C(C)c2ccc(C)cc2)C(=O)CC(c2ccc(OC)cc2)C1.CC=O.CCCCC(C)C. The van der Waals surface area contributed by atoms with E-state index in [1.54, 1.807) is 7.11 Å². The van der Waals surface area contributed by atoms with Gasteiger partial charge in [0.1, 0.15) is 12.0 Å². The van der Waals surface area contributed by atoms with Crippen LogP contribution >= 0.6 is 0 Å². The van der Waals surface area contributed by atoms with Gasteiger partial charge in [0.05, 0.1) is 7.11 Å².